The molecule has 0 saturated heterocycles. The van der Waals surface area contributed by atoms with E-state index in [0.29, 0.717) is 28.6 Å². The van der Waals surface area contributed by atoms with E-state index in [-0.39, 0.29) is 6.54 Å². The van der Waals surface area contributed by atoms with Crippen LogP contribution in [0.15, 0.2) is 48.7 Å². The first-order chi connectivity index (χ1) is 12.1. The number of nitrogens with zero attached hydrogens (tertiary/aromatic N) is 1. The Morgan fingerprint density at radius 2 is 1.88 bits per heavy atom. The molecule has 2 aromatic carbocycles. The molecule has 3 aromatic rings. The number of carbonyl (C=O) groups excluding carboxylic acids is 2. The molecule has 0 fully saturated rings. The van der Waals surface area contributed by atoms with Crippen LogP contribution in [0.5, 0.6) is 0 Å². The molecule has 0 radical (unpaired) electrons. The fourth-order valence-corrected chi connectivity index (χ4v) is 3.08. The lowest BCUT2D eigenvalue weighted by atomic mass is 10.2. The van der Waals surface area contributed by atoms with E-state index in [1.807, 2.05) is 35.0 Å². The first-order valence-electron chi connectivity index (χ1n) is 7.59. The molecule has 2 amide bonds. The number of fused-ring (bicyclic) bond motifs is 1. The smallest absolute Gasteiger partial charge is 0.319 e. The van der Waals surface area contributed by atoms with Crippen LogP contribution in [0.1, 0.15) is 5.56 Å². The molecule has 0 saturated carbocycles. The van der Waals surface area contributed by atoms with Gasteiger partial charge in [0.25, 0.3) is 0 Å². The van der Waals surface area contributed by atoms with Gasteiger partial charge in [0.1, 0.15) is 6.29 Å². The van der Waals surface area contributed by atoms with E-state index in [2.05, 4.69) is 10.6 Å². The van der Waals surface area contributed by atoms with Gasteiger partial charge in [-0.1, -0.05) is 35.3 Å². The number of aldehydes is 1. The lowest BCUT2D eigenvalue weighted by molar-refractivity contribution is -0.107. The number of amides is 2. The molecule has 0 spiro atoms. The summed E-state index contributed by atoms with van der Waals surface area (Å²) in [4.78, 5) is 22.0. The molecule has 1 heterocycles. The number of nitrogens with one attached hydrogen (secondary N) is 2. The molecule has 0 aliphatic carbocycles. The maximum Gasteiger partial charge on any atom is 0.319 e. The lowest BCUT2D eigenvalue weighted by Gasteiger charge is -2.11. The maximum atomic E-state index is 11.7. The van der Waals surface area contributed by atoms with Gasteiger partial charge >= 0.3 is 6.03 Å². The molecule has 0 atom stereocenters. The molecule has 7 heteroatoms. The van der Waals surface area contributed by atoms with Crippen LogP contribution in [0, 0.1) is 0 Å². The van der Waals surface area contributed by atoms with Crippen molar-refractivity contribution in [1.82, 2.24) is 9.88 Å². The Hall–Kier alpha value is -2.50. The van der Waals surface area contributed by atoms with Crippen molar-refractivity contribution in [3.63, 3.8) is 0 Å². The van der Waals surface area contributed by atoms with E-state index < -0.39 is 6.03 Å². The van der Waals surface area contributed by atoms with E-state index in [0.717, 1.165) is 16.5 Å². The average Bonchev–Trinajstić information content (AvgIpc) is 2.99. The van der Waals surface area contributed by atoms with Crippen LogP contribution in [-0.2, 0) is 11.3 Å². The van der Waals surface area contributed by atoms with Crippen LogP contribution in [0.3, 0.4) is 0 Å². The van der Waals surface area contributed by atoms with Crippen molar-refractivity contribution in [3.8, 4) is 0 Å². The van der Waals surface area contributed by atoms with Gasteiger partial charge in [-0.25, -0.2) is 4.79 Å². The number of hydrogen-bond donors (Lipinski definition) is 2. The number of hydrogen-bond acceptors (Lipinski definition) is 2. The van der Waals surface area contributed by atoms with Crippen molar-refractivity contribution in [3.05, 3.63) is 64.3 Å². The summed E-state index contributed by atoms with van der Waals surface area (Å²) in [5.74, 6) is 0. The number of halogens is 2. The fourth-order valence-electron chi connectivity index (χ4n) is 2.56. The van der Waals surface area contributed by atoms with Gasteiger partial charge in [-0.15, -0.1) is 0 Å². The molecule has 0 aliphatic rings. The van der Waals surface area contributed by atoms with Crippen molar-refractivity contribution in [2.24, 2.45) is 0 Å². The van der Waals surface area contributed by atoms with Gasteiger partial charge in [0.05, 0.1) is 18.6 Å². The topological polar surface area (TPSA) is 63.1 Å². The zero-order valence-electron chi connectivity index (χ0n) is 13.1. The van der Waals surface area contributed by atoms with E-state index >= 15 is 0 Å². The highest BCUT2D eigenvalue weighted by atomic mass is 35.5. The van der Waals surface area contributed by atoms with Crippen molar-refractivity contribution in [2.45, 2.75) is 6.54 Å². The molecule has 5 nitrogen and oxygen atoms in total. The van der Waals surface area contributed by atoms with E-state index in [1.54, 1.807) is 18.2 Å². The first-order valence-corrected chi connectivity index (χ1v) is 8.34. The third-order valence-corrected chi connectivity index (χ3v) is 4.48. The Morgan fingerprint density at radius 3 is 2.60 bits per heavy atom. The highest BCUT2D eigenvalue weighted by Crippen LogP contribution is 2.28. The zero-order chi connectivity index (χ0) is 17.8. The number of aromatic nitrogens is 1. The third-order valence-electron chi connectivity index (χ3n) is 3.77. The van der Waals surface area contributed by atoms with Crippen molar-refractivity contribution in [2.75, 3.05) is 11.9 Å². The van der Waals surface area contributed by atoms with Gasteiger partial charge in [0.2, 0.25) is 0 Å². The summed E-state index contributed by atoms with van der Waals surface area (Å²) in [6.07, 6.45) is 2.57. The normalized spacial score (nSPS) is 10.6. The lowest BCUT2D eigenvalue weighted by Crippen LogP contribution is -2.30. The molecule has 2 N–H and O–H groups in total. The summed E-state index contributed by atoms with van der Waals surface area (Å²) < 4.78 is 2.01. The molecule has 0 unspecified atom stereocenters. The fraction of sp³-hybridized carbons (Fsp3) is 0.111. The second-order valence-corrected chi connectivity index (χ2v) is 6.23. The monoisotopic (exact) mass is 375 g/mol. The number of anilines is 1. The van der Waals surface area contributed by atoms with Gasteiger partial charge in [-0.2, -0.15) is 0 Å². The number of benzene rings is 2. The van der Waals surface area contributed by atoms with Crippen LogP contribution < -0.4 is 10.6 Å². The van der Waals surface area contributed by atoms with Crippen LogP contribution in [-0.4, -0.2) is 23.4 Å². The predicted molar refractivity (Wildman–Crippen MR) is 101 cm³/mol. The quantitative estimate of drug-likeness (QED) is 0.652. The van der Waals surface area contributed by atoms with E-state index in [4.69, 9.17) is 23.2 Å². The summed E-state index contributed by atoms with van der Waals surface area (Å²) >= 11 is 12.5. The SMILES string of the molecule is O=CCNC(=O)Nc1ccc2ccn(Cc3c(Cl)cccc3Cl)c2c1. The zero-order valence-corrected chi connectivity index (χ0v) is 14.6. The van der Waals surface area contributed by atoms with Gasteiger partial charge in [0, 0.05) is 27.5 Å². The second kappa shape index (κ2) is 7.59. The van der Waals surface area contributed by atoms with E-state index in [9.17, 15) is 9.59 Å². The highest BCUT2D eigenvalue weighted by molar-refractivity contribution is 6.36. The highest BCUT2D eigenvalue weighted by Gasteiger charge is 2.09. The number of carbonyl (C=O) groups is 2. The summed E-state index contributed by atoms with van der Waals surface area (Å²) in [6.45, 7) is 0.484. The minimum absolute atomic E-state index is 0.0323. The Bertz CT molecular complexity index is 917. The van der Waals surface area contributed by atoms with Gasteiger partial charge < -0.3 is 20.0 Å². The molecule has 0 bridgehead atoms. The van der Waals surface area contributed by atoms with E-state index in [1.165, 1.54) is 0 Å². The summed E-state index contributed by atoms with van der Waals surface area (Å²) in [6, 6.07) is 12.5. The summed E-state index contributed by atoms with van der Waals surface area (Å²) in [5, 5.41) is 7.38. The first kappa shape index (κ1) is 17.3. The molecular formula is C18H15Cl2N3O2. The van der Waals surface area contributed by atoms with Crippen LogP contribution in [0.25, 0.3) is 10.9 Å². The molecule has 128 valence electrons. The van der Waals surface area contributed by atoms with Crippen LogP contribution in [0.2, 0.25) is 10.0 Å². The van der Waals surface area contributed by atoms with Crippen LogP contribution in [0.4, 0.5) is 10.5 Å². The van der Waals surface area contributed by atoms with Gasteiger partial charge in [-0.05, 0) is 35.7 Å². The summed E-state index contributed by atoms with van der Waals surface area (Å²) in [5.41, 5.74) is 2.40. The average molecular weight is 376 g/mol. The molecule has 0 aliphatic heterocycles. The molecule has 3 rings (SSSR count). The standard InChI is InChI=1S/C18H15Cl2N3O2/c19-15-2-1-3-16(20)14(15)11-23-8-6-12-4-5-13(10-17(12)23)22-18(25)21-7-9-24/h1-6,8-10H,7,11H2,(H2,21,22,25). The van der Waals surface area contributed by atoms with Crippen molar-refractivity contribution >= 4 is 52.1 Å². The van der Waals surface area contributed by atoms with Gasteiger partial charge in [-0.3, -0.25) is 0 Å². The molecule has 25 heavy (non-hydrogen) atoms. The minimum Gasteiger partial charge on any atom is -0.343 e. The number of urea groups is 1. The molecule has 1 aromatic heterocycles. The van der Waals surface area contributed by atoms with Crippen LogP contribution >= 0.6 is 23.2 Å². The third kappa shape index (κ3) is 3.95. The second-order valence-electron chi connectivity index (χ2n) is 5.42. The maximum absolute atomic E-state index is 11.7. The largest absolute Gasteiger partial charge is 0.343 e. The van der Waals surface area contributed by atoms with Crippen molar-refractivity contribution in [1.29, 1.82) is 0 Å². The predicted octanol–water partition coefficient (Wildman–Crippen LogP) is 4.32. The Kier molecular flexibility index (Phi) is 5.26. The Morgan fingerprint density at radius 1 is 1.12 bits per heavy atom. The van der Waals surface area contributed by atoms with Crippen molar-refractivity contribution < 1.29 is 9.59 Å². The number of rotatable bonds is 5. The van der Waals surface area contributed by atoms with Gasteiger partial charge in [0.15, 0.2) is 0 Å². The summed E-state index contributed by atoms with van der Waals surface area (Å²) in [7, 11) is 0. The Balaban J connectivity index is 1.88. The molecular weight excluding hydrogens is 361 g/mol. The minimum atomic E-state index is -0.432. The Labute approximate surface area is 154 Å².